The van der Waals surface area contributed by atoms with E-state index in [0.29, 0.717) is 43.4 Å². The van der Waals surface area contributed by atoms with Crippen LogP contribution in [-0.4, -0.2) is 23.1 Å². The number of rotatable bonds is 6. The van der Waals surface area contributed by atoms with Crippen LogP contribution in [0.1, 0.15) is 26.4 Å². The van der Waals surface area contributed by atoms with E-state index in [4.69, 9.17) is 27.9 Å². The van der Waals surface area contributed by atoms with Crippen LogP contribution in [0, 0.1) is 0 Å². The van der Waals surface area contributed by atoms with Gasteiger partial charge in [-0.3, -0.25) is 4.79 Å². The molecule has 0 saturated carbocycles. The first kappa shape index (κ1) is 25.7. The molecule has 1 heterocycles. The Labute approximate surface area is 236 Å². The number of aromatic nitrogens is 1. The highest BCUT2D eigenvalue weighted by atomic mass is 79.9. The van der Waals surface area contributed by atoms with Crippen LogP contribution in [0.3, 0.4) is 0 Å². The number of aromatic amines is 1. The zero-order valence-electron chi connectivity index (χ0n) is 19.5. The first-order chi connectivity index (χ1) is 18.4. The summed E-state index contributed by atoms with van der Waals surface area (Å²) in [6, 6.07) is 26.5. The summed E-state index contributed by atoms with van der Waals surface area (Å²) in [6.45, 7) is 0. The molecule has 0 bridgehead atoms. The summed E-state index contributed by atoms with van der Waals surface area (Å²) >= 11 is 16.0. The lowest BCUT2D eigenvalue weighted by atomic mass is 10.0. The van der Waals surface area contributed by atoms with Gasteiger partial charge in [0.2, 0.25) is 0 Å². The van der Waals surface area contributed by atoms with Crippen LogP contribution in [0.5, 0.6) is 5.75 Å². The molecule has 38 heavy (non-hydrogen) atoms. The van der Waals surface area contributed by atoms with Gasteiger partial charge in [-0.2, -0.15) is 5.10 Å². The molecule has 9 heteroatoms. The number of fused-ring (bicyclic) bond motifs is 1. The molecule has 4 aromatic carbocycles. The minimum Gasteiger partial charge on any atom is -0.422 e. The Morgan fingerprint density at radius 1 is 0.921 bits per heavy atom. The van der Waals surface area contributed by atoms with Crippen molar-refractivity contribution in [2.75, 3.05) is 0 Å². The fourth-order valence-corrected chi connectivity index (χ4v) is 4.74. The standard InChI is InChI=1S/C29H18BrCl2N3O3/c30-20-12-10-18(11-13-20)29(37)38-24-9-5-4-8-19(24)16-33-35-28(36)27-25(17-6-2-1-3-7-17)22-14-21(31)15-23(32)26(22)34-27/h1-16,34H,(H,35,36). The normalized spacial score (nSPS) is 11.1. The minimum absolute atomic E-state index is 0.280. The van der Waals surface area contributed by atoms with Crippen LogP contribution in [-0.2, 0) is 0 Å². The topological polar surface area (TPSA) is 83.5 Å². The number of nitrogens with zero attached hydrogens (tertiary/aromatic N) is 1. The molecule has 0 atom stereocenters. The molecular formula is C29H18BrCl2N3O3. The number of halogens is 3. The van der Waals surface area contributed by atoms with Crippen molar-refractivity contribution in [1.29, 1.82) is 0 Å². The summed E-state index contributed by atoms with van der Waals surface area (Å²) in [4.78, 5) is 28.9. The maximum atomic E-state index is 13.2. The number of carbonyl (C=O) groups excluding carboxylic acids is 2. The van der Waals surface area contributed by atoms with E-state index in [1.54, 1.807) is 60.7 Å². The molecule has 0 saturated heterocycles. The van der Waals surface area contributed by atoms with Gasteiger partial charge in [-0.15, -0.1) is 0 Å². The summed E-state index contributed by atoms with van der Waals surface area (Å²) in [5.41, 5.74) is 5.80. The lowest BCUT2D eigenvalue weighted by Gasteiger charge is -2.07. The van der Waals surface area contributed by atoms with E-state index in [-0.39, 0.29) is 5.69 Å². The maximum Gasteiger partial charge on any atom is 0.343 e. The summed E-state index contributed by atoms with van der Waals surface area (Å²) in [5.74, 6) is -0.688. The number of para-hydroxylation sites is 1. The Balaban J connectivity index is 1.41. The molecule has 188 valence electrons. The van der Waals surface area contributed by atoms with Gasteiger partial charge in [0.15, 0.2) is 0 Å². The monoisotopic (exact) mass is 605 g/mol. The van der Waals surface area contributed by atoms with Crippen molar-refractivity contribution in [3.8, 4) is 16.9 Å². The summed E-state index contributed by atoms with van der Waals surface area (Å²) in [5, 5.41) is 5.68. The Morgan fingerprint density at radius 2 is 1.63 bits per heavy atom. The van der Waals surface area contributed by atoms with Gasteiger partial charge in [0.25, 0.3) is 5.91 Å². The number of H-pyrrole nitrogens is 1. The second-order valence-corrected chi connectivity index (χ2v) is 9.94. The number of hydrogen-bond donors (Lipinski definition) is 2. The van der Waals surface area contributed by atoms with E-state index < -0.39 is 11.9 Å². The second kappa shape index (κ2) is 11.2. The van der Waals surface area contributed by atoms with Crippen LogP contribution in [0.4, 0.5) is 0 Å². The van der Waals surface area contributed by atoms with Crippen LogP contribution in [0.2, 0.25) is 10.0 Å². The number of esters is 1. The van der Waals surface area contributed by atoms with Crippen molar-refractivity contribution in [2.24, 2.45) is 5.10 Å². The number of hydrogen-bond acceptors (Lipinski definition) is 4. The number of hydrazone groups is 1. The molecule has 5 rings (SSSR count). The van der Waals surface area contributed by atoms with Crippen LogP contribution in [0.15, 0.2) is 101 Å². The summed E-state index contributed by atoms with van der Waals surface area (Å²) in [6.07, 6.45) is 1.41. The average molecular weight is 607 g/mol. The van der Waals surface area contributed by atoms with Crippen molar-refractivity contribution in [3.05, 3.63) is 122 Å². The molecular weight excluding hydrogens is 589 g/mol. The SMILES string of the molecule is O=C(Oc1ccccc1C=NNC(=O)c1[nH]c2c(Cl)cc(Cl)cc2c1-c1ccccc1)c1ccc(Br)cc1. The van der Waals surface area contributed by atoms with E-state index >= 15 is 0 Å². The highest BCUT2D eigenvalue weighted by Gasteiger charge is 2.21. The molecule has 1 aromatic heterocycles. The van der Waals surface area contributed by atoms with Gasteiger partial charge in [-0.05, 0) is 54.1 Å². The van der Waals surface area contributed by atoms with E-state index in [1.165, 1.54) is 6.21 Å². The molecule has 0 unspecified atom stereocenters. The van der Waals surface area contributed by atoms with Crippen molar-refractivity contribution in [3.63, 3.8) is 0 Å². The first-order valence-corrected chi connectivity index (χ1v) is 12.9. The maximum absolute atomic E-state index is 13.2. The summed E-state index contributed by atoms with van der Waals surface area (Å²) < 4.78 is 6.42. The molecule has 0 aliphatic heterocycles. The van der Waals surface area contributed by atoms with Gasteiger partial charge in [-0.1, -0.05) is 81.6 Å². The predicted octanol–water partition coefficient (Wildman–Crippen LogP) is 7.89. The molecule has 0 aliphatic carbocycles. The largest absolute Gasteiger partial charge is 0.422 e. The zero-order chi connectivity index (χ0) is 26.6. The first-order valence-electron chi connectivity index (χ1n) is 11.4. The third-order valence-electron chi connectivity index (χ3n) is 5.69. The van der Waals surface area contributed by atoms with Crippen LogP contribution < -0.4 is 10.2 Å². The van der Waals surface area contributed by atoms with E-state index in [1.807, 2.05) is 30.3 Å². The van der Waals surface area contributed by atoms with Gasteiger partial charge in [-0.25, -0.2) is 10.2 Å². The molecule has 0 fully saturated rings. The van der Waals surface area contributed by atoms with Crippen molar-refractivity contribution < 1.29 is 14.3 Å². The van der Waals surface area contributed by atoms with Gasteiger partial charge in [0.05, 0.1) is 22.3 Å². The Morgan fingerprint density at radius 3 is 2.39 bits per heavy atom. The number of ether oxygens (including phenoxy) is 1. The smallest absolute Gasteiger partial charge is 0.343 e. The van der Waals surface area contributed by atoms with Gasteiger partial charge >= 0.3 is 5.97 Å². The molecule has 0 spiro atoms. The number of carbonyl (C=O) groups is 2. The Kier molecular flexibility index (Phi) is 7.60. The quantitative estimate of drug-likeness (QED) is 0.0892. The number of nitrogens with one attached hydrogen (secondary N) is 2. The Bertz CT molecular complexity index is 1680. The molecule has 0 aliphatic rings. The molecule has 0 radical (unpaired) electrons. The Hall–Kier alpha value is -3.91. The lowest BCUT2D eigenvalue weighted by Crippen LogP contribution is -2.19. The highest BCUT2D eigenvalue weighted by Crippen LogP contribution is 2.37. The molecule has 5 aromatic rings. The third-order valence-corrected chi connectivity index (χ3v) is 6.73. The van der Waals surface area contributed by atoms with Gasteiger partial charge in [0, 0.05) is 26.0 Å². The van der Waals surface area contributed by atoms with E-state index in [9.17, 15) is 9.59 Å². The molecule has 6 nitrogen and oxygen atoms in total. The fraction of sp³-hybridized carbons (Fsp3) is 0. The highest BCUT2D eigenvalue weighted by molar-refractivity contribution is 9.10. The van der Waals surface area contributed by atoms with Gasteiger partial charge in [0.1, 0.15) is 11.4 Å². The van der Waals surface area contributed by atoms with E-state index in [2.05, 4.69) is 31.4 Å². The van der Waals surface area contributed by atoms with Crippen LogP contribution in [0.25, 0.3) is 22.0 Å². The number of amides is 1. The second-order valence-electron chi connectivity index (χ2n) is 8.18. The molecule has 2 N–H and O–H groups in total. The third kappa shape index (κ3) is 5.50. The summed E-state index contributed by atoms with van der Waals surface area (Å²) in [7, 11) is 0. The molecule has 1 amide bonds. The minimum atomic E-state index is -0.511. The average Bonchev–Trinajstić information content (AvgIpc) is 3.30. The van der Waals surface area contributed by atoms with E-state index in [0.717, 1.165) is 10.0 Å². The van der Waals surface area contributed by atoms with Crippen molar-refractivity contribution in [2.45, 2.75) is 0 Å². The van der Waals surface area contributed by atoms with Gasteiger partial charge < -0.3 is 9.72 Å². The zero-order valence-corrected chi connectivity index (χ0v) is 22.6. The number of benzene rings is 4. The lowest BCUT2D eigenvalue weighted by molar-refractivity contribution is 0.0734. The fourth-order valence-electron chi connectivity index (χ4n) is 3.94. The van der Waals surface area contributed by atoms with Crippen molar-refractivity contribution >= 4 is 68.1 Å². The predicted molar refractivity (Wildman–Crippen MR) is 154 cm³/mol. The van der Waals surface area contributed by atoms with Crippen molar-refractivity contribution in [1.82, 2.24) is 10.4 Å². The van der Waals surface area contributed by atoms with Crippen LogP contribution >= 0.6 is 39.1 Å².